The number of hydrogen-bond acceptors (Lipinski definition) is 8. The van der Waals surface area contributed by atoms with E-state index in [2.05, 4.69) is 26.7 Å². The Morgan fingerprint density at radius 3 is 2.88 bits per heavy atom. The molecule has 3 heterocycles. The Labute approximate surface area is 205 Å². The lowest BCUT2D eigenvalue weighted by atomic mass is 10.1. The van der Waals surface area contributed by atoms with Gasteiger partial charge in [-0.05, 0) is 49.2 Å². The fraction of sp³-hybridized carbons (Fsp3) is 0.348. The summed E-state index contributed by atoms with van der Waals surface area (Å²) in [6.45, 7) is 2.53. The molecule has 1 aliphatic heterocycles. The lowest BCUT2D eigenvalue weighted by Gasteiger charge is -2.22. The van der Waals surface area contributed by atoms with Gasteiger partial charge in [0.15, 0.2) is 0 Å². The number of nitrogens with two attached hydrogens (primary N) is 1. The number of amides is 1. The molecule has 0 saturated carbocycles. The van der Waals surface area contributed by atoms with Crippen LogP contribution in [0.25, 0.3) is 0 Å². The standard InChI is InChI=1S/C23H28N6O2S.H2S/c1-25-9-8-19(20-7-4-12-32-20)31-15-16-5-3-6-17(13-16)29-11-10-28(2)21-18(22(29)30)14-26-23(24)27-21;/h3-7,12-14,19,25H,8-11,15H2,1-2H3,(H2,24,26,27);1H2/t19-;/m0./s1. The fourth-order valence-corrected chi connectivity index (χ4v) is 4.55. The van der Waals surface area contributed by atoms with E-state index in [4.69, 9.17) is 10.5 Å². The number of thiophene rings is 1. The zero-order valence-electron chi connectivity index (χ0n) is 18.8. The maximum atomic E-state index is 13.3. The maximum absolute atomic E-state index is 13.3. The number of nitrogen functional groups attached to an aromatic ring is 1. The number of rotatable bonds is 8. The minimum absolute atomic E-state index is 0. The average Bonchev–Trinajstić information content (AvgIpc) is 3.30. The first-order valence-electron chi connectivity index (χ1n) is 10.6. The fourth-order valence-electron chi connectivity index (χ4n) is 3.75. The lowest BCUT2D eigenvalue weighted by molar-refractivity contribution is 0.0367. The van der Waals surface area contributed by atoms with Crippen LogP contribution in [0.4, 0.5) is 17.5 Å². The van der Waals surface area contributed by atoms with Crippen LogP contribution in [0.15, 0.2) is 48.0 Å². The third kappa shape index (κ3) is 5.83. The topological polar surface area (TPSA) is 96.6 Å². The molecule has 4 rings (SSSR count). The number of nitrogens with one attached hydrogen (secondary N) is 1. The Hall–Kier alpha value is -2.66. The van der Waals surface area contributed by atoms with Gasteiger partial charge in [-0.25, -0.2) is 4.98 Å². The van der Waals surface area contributed by atoms with Gasteiger partial charge >= 0.3 is 0 Å². The molecule has 0 unspecified atom stereocenters. The average molecular weight is 487 g/mol. The van der Waals surface area contributed by atoms with E-state index in [-0.39, 0.29) is 31.5 Å². The first kappa shape index (κ1) is 25.0. The molecule has 3 aromatic rings. The van der Waals surface area contributed by atoms with Crippen LogP contribution in [-0.2, 0) is 11.3 Å². The predicted octanol–water partition coefficient (Wildman–Crippen LogP) is 3.20. The molecule has 0 saturated heterocycles. The summed E-state index contributed by atoms with van der Waals surface area (Å²) >= 11 is 1.71. The van der Waals surface area contributed by atoms with E-state index in [0.717, 1.165) is 24.2 Å². The summed E-state index contributed by atoms with van der Waals surface area (Å²) in [6.07, 6.45) is 2.44. The van der Waals surface area contributed by atoms with Crippen molar-refractivity contribution < 1.29 is 9.53 Å². The van der Waals surface area contributed by atoms with Gasteiger partial charge in [0.05, 0.1) is 12.7 Å². The summed E-state index contributed by atoms with van der Waals surface area (Å²) in [5.74, 6) is 0.593. The third-order valence-corrected chi connectivity index (χ3v) is 6.44. The molecule has 2 aromatic heterocycles. The van der Waals surface area contributed by atoms with Crippen LogP contribution in [0.1, 0.15) is 33.3 Å². The molecule has 0 bridgehead atoms. The van der Waals surface area contributed by atoms with E-state index < -0.39 is 0 Å². The molecule has 1 aliphatic rings. The van der Waals surface area contributed by atoms with Crippen LogP contribution in [0.3, 0.4) is 0 Å². The quantitative estimate of drug-likeness (QED) is 0.505. The molecule has 176 valence electrons. The number of nitrogens with zero attached hydrogens (tertiary/aromatic N) is 4. The number of carbonyl (C=O) groups excluding carboxylic acids is 1. The summed E-state index contributed by atoms with van der Waals surface area (Å²) in [4.78, 5) is 26.5. The second-order valence-electron chi connectivity index (χ2n) is 7.72. The highest BCUT2D eigenvalue weighted by molar-refractivity contribution is 7.59. The van der Waals surface area contributed by atoms with Gasteiger partial charge in [0.25, 0.3) is 5.91 Å². The number of anilines is 3. The van der Waals surface area contributed by atoms with Gasteiger partial charge in [0.2, 0.25) is 5.95 Å². The van der Waals surface area contributed by atoms with Crippen LogP contribution in [0.5, 0.6) is 0 Å². The van der Waals surface area contributed by atoms with Gasteiger partial charge in [-0.3, -0.25) is 4.79 Å². The van der Waals surface area contributed by atoms with E-state index in [0.29, 0.717) is 31.1 Å². The highest BCUT2D eigenvalue weighted by Gasteiger charge is 2.28. The molecule has 10 heteroatoms. The second-order valence-corrected chi connectivity index (χ2v) is 8.70. The van der Waals surface area contributed by atoms with E-state index in [1.54, 1.807) is 16.2 Å². The highest BCUT2D eigenvalue weighted by atomic mass is 32.1. The molecule has 1 atom stereocenters. The number of aromatic nitrogens is 2. The number of hydrogen-bond donors (Lipinski definition) is 2. The second kappa shape index (κ2) is 11.5. The molecule has 3 N–H and O–H groups in total. The van der Waals surface area contributed by atoms with Crippen molar-refractivity contribution in [2.24, 2.45) is 0 Å². The SMILES string of the molecule is CNCC[C@H](OCc1cccc(N2CCN(C)c3nc(N)ncc3C2=O)c1)c1cccs1.S. The van der Waals surface area contributed by atoms with Crippen molar-refractivity contribution in [1.29, 1.82) is 0 Å². The number of carbonyl (C=O) groups is 1. The number of ether oxygens (including phenoxy) is 1. The molecule has 0 spiro atoms. The van der Waals surface area contributed by atoms with Gasteiger partial charge in [0.1, 0.15) is 11.4 Å². The number of fused-ring (bicyclic) bond motifs is 1. The molecule has 8 nitrogen and oxygen atoms in total. The van der Waals surface area contributed by atoms with Crippen molar-refractivity contribution in [3.63, 3.8) is 0 Å². The molecule has 0 fully saturated rings. The molecule has 0 radical (unpaired) electrons. The summed E-state index contributed by atoms with van der Waals surface area (Å²) < 4.78 is 6.28. The third-order valence-electron chi connectivity index (χ3n) is 5.47. The van der Waals surface area contributed by atoms with E-state index in [1.165, 1.54) is 11.1 Å². The Morgan fingerprint density at radius 2 is 2.12 bits per heavy atom. The van der Waals surface area contributed by atoms with Crippen LogP contribution < -0.4 is 20.9 Å². The molecule has 33 heavy (non-hydrogen) atoms. The maximum Gasteiger partial charge on any atom is 0.263 e. The first-order chi connectivity index (χ1) is 15.6. The molecule has 1 aromatic carbocycles. The van der Waals surface area contributed by atoms with Crippen molar-refractivity contribution in [2.45, 2.75) is 19.1 Å². The van der Waals surface area contributed by atoms with E-state index >= 15 is 0 Å². The van der Waals surface area contributed by atoms with Crippen molar-refractivity contribution in [3.05, 3.63) is 64.0 Å². The van der Waals surface area contributed by atoms with Crippen LogP contribution in [0, 0.1) is 0 Å². The number of benzene rings is 1. The summed E-state index contributed by atoms with van der Waals surface area (Å²) in [5, 5.41) is 5.27. The van der Waals surface area contributed by atoms with Crippen molar-refractivity contribution >= 4 is 48.2 Å². The predicted molar refractivity (Wildman–Crippen MR) is 139 cm³/mol. The largest absolute Gasteiger partial charge is 0.368 e. The van der Waals surface area contributed by atoms with Gasteiger partial charge in [-0.15, -0.1) is 11.3 Å². The smallest absolute Gasteiger partial charge is 0.263 e. The number of likely N-dealkylation sites (N-methyl/N-ethyl adjacent to an activating group) is 1. The van der Waals surface area contributed by atoms with Crippen molar-refractivity contribution in [3.8, 4) is 0 Å². The Bertz CT molecular complexity index is 1060. The zero-order chi connectivity index (χ0) is 22.5. The van der Waals surface area contributed by atoms with Gasteiger partial charge in [0, 0.05) is 36.9 Å². The Morgan fingerprint density at radius 1 is 1.27 bits per heavy atom. The van der Waals surface area contributed by atoms with E-state index in [1.807, 2.05) is 49.3 Å². The summed E-state index contributed by atoms with van der Waals surface area (Å²) in [7, 11) is 3.85. The minimum atomic E-state index is -0.132. The molecule has 0 aliphatic carbocycles. The molecular weight excluding hydrogens is 456 g/mol. The lowest BCUT2D eigenvalue weighted by Crippen LogP contribution is -2.33. The van der Waals surface area contributed by atoms with E-state index in [9.17, 15) is 4.79 Å². The van der Waals surface area contributed by atoms with Crippen molar-refractivity contribution in [1.82, 2.24) is 15.3 Å². The summed E-state index contributed by atoms with van der Waals surface area (Å²) in [6, 6.07) is 12.1. The van der Waals surface area contributed by atoms with Crippen LogP contribution in [-0.4, -0.2) is 49.6 Å². The molecular formula is C23H30N6O2S2. The van der Waals surface area contributed by atoms with Crippen LogP contribution in [0.2, 0.25) is 0 Å². The van der Waals surface area contributed by atoms with Gasteiger partial charge < -0.3 is 25.6 Å². The first-order valence-corrected chi connectivity index (χ1v) is 11.5. The van der Waals surface area contributed by atoms with Crippen molar-refractivity contribution in [2.75, 3.05) is 49.3 Å². The summed E-state index contributed by atoms with van der Waals surface area (Å²) in [5.41, 5.74) is 8.04. The van der Waals surface area contributed by atoms with Crippen LogP contribution >= 0.6 is 24.8 Å². The Balaban J connectivity index is 0.00000306. The van der Waals surface area contributed by atoms with Gasteiger partial charge in [-0.1, -0.05) is 18.2 Å². The monoisotopic (exact) mass is 486 g/mol. The minimum Gasteiger partial charge on any atom is -0.368 e. The highest BCUT2D eigenvalue weighted by Crippen LogP contribution is 2.29. The Kier molecular flexibility index (Phi) is 8.67. The normalized spacial score (nSPS) is 14.4. The van der Waals surface area contributed by atoms with Gasteiger partial charge in [-0.2, -0.15) is 18.5 Å². The molecule has 1 amide bonds. The zero-order valence-corrected chi connectivity index (χ0v) is 20.6.